The number of nitrogens with zero attached hydrogens (tertiary/aromatic N) is 3. The third kappa shape index (κ3) is 6.26. The zero-order chi connectivity index (χ0) is 27.3. The van der Waals surface area contributed by atoms with Crippen LogP contribution in [0.3, 0.4) is 0 Å². The van der Waals surface area contributed by atoms with Crippen LogP contribution in [-0.2, 0) is 16.0 Å². The third-order valence-electron chi connectivity index (χ3n) is 7.86. The number of likely N-dealkylation sites (tertiary alicyclic amines) is 1. The number of amides is 1. The normalized spacial score (nSPS) is 21.4. The first-order chi connectivity index (χ1) is 18.2. The largest absolute Gasteiger partial charge is 0.493 e. The number of aromatic nitrogens is 1. The molecular formula is C31H41N3O4. The summed E-state index contributed by atoms with van der Waals surface area (Å²) in [6.07, 6.45) is 10.9. The summed E-state index contributed by atoms with van der Waals surface area (Å²) < 4.78 is 5.69. The molecule has 1 amide bonds. The molecular weight excluding hydrogens is 478 g/mol. The zero-order valence-electron chi connectivity index (χ0n) is 23.1. The molecule has 0 aliphatic carbocycles. The monoisotopic (exact) mass is 519 g/mol. The second kappa shape index (κ2) is 12.1. The summed E-state index contributed by atoms with van der Waals surface area (Å²) in [5.41, 5.74) is 2.72. The van der Waals surface area contributed by atoms with Crippen LogP contribution in [0, 0.1) is 11.3 Å². The predicted molar refractivity (Wildman–Crippen MR) is 150 cm³/mol. The quantitative estimate of drug-likeness (QED) is 0.405. The molecule has 1 aromatic carbocycles. The lowest BCUT2D eigenvalue weighted by Gasteiger charge is -2.34. The van der Waals surface area contributed by atoms with Crippen molar-refractivity contribution >= 4 is 17.6 Å². The second-order valence-corrected chi connectivity index (χ2v) is 11.2. The molecule has 0 spiro atoms. The Kier molecular flexibility index (Phi) is 8.87. The maximum Gasteiger partial charge on any atom is 0.308 e. The van der Waals surface area contributed by atoms with E-state index >= 15 is 0 Å². The van der Waals surface area contributed by atoms with Crippen LogP contribution in [-0.4, -0.2) is 59.1 Å². The molecule has 2 aliphatic heterocycles. The smallest absolute Gasteiger partial charge is 0.308 e. The zero-order valence-corrected chi connectivity index (χ0v) is 23.1. The van der Waals surface area contributed by atoms with Gasteiger partial charge >= 0.3 is 5.97 Å². The minimum atomic E-state index is -0.807. The molecule has 0 radical (unpaired) electrons. The van der Waals surface area contributed by atoms with E-state index in [9.17, 15) is 14.7 Å². The number of pyridine rings is 1. The van der Waals surface area contributed by atoms with Gasteiger partial charge in [-0.05, 0) is 54.5 Å². The number of fused-ring (bicyclic) bond motifs is 1. The Bertz CT molecular complexity index is 1150. The SMILES string of the molecule is CC=CC(C)(C)C[C@H]1C(C(=O)O)[C@@H](c2ccc3c(c2)CCO3)CN1CC(=O)N(CCCC)c1cccnc1. The molecule has 2 aliphatic rings. The van der Waals surface area contributed by atoms with Gasteiger partial charge in [-0.1, -0.05) is 51.5 Å². The van der Waals surface area contributed by atoms with Gasteiger partial charge in [-0.15, -0.1) is 0 Å². The van der Waals surface area contributed by atoms with Gasteiger partial charge in [-0.2, -0.15) is 0 Å². The molecule has 7 nitrogen and oxygen atoms in total. The molecule has 3 atom stereocenters. The van der Waals surface area contributed by atoms with Gasteiger partial charge in [0.2, 0.25) is 5.91 Å². The number of carbonyl (C=O) groups excluding carboxylic acids is 1. The first kappa shape index (κ1) is 27.8. The summed E-state index contributed by atoms with van der Waals surface area (Å²) in [7, 11) is 0. The van der Waals surface area contributed by atoms with E-state index in [1.54, 1.807) is 17.3 Å². The number of aliphatic carboxylic acids is 1. The Balaban J connectivity index is 1.67. The predicted octanol–water partition coefficient (Wildman–Crippen LogP) is 5.31. The van der Waals surface area contributed by atoms with E-state index in [2.05, 4.69) is 42.8 Å². The van der Waals surface area contributed by atoms with Crippen molar-refractivity contribution in [3.8, 4) is 5.75 Å². The van der Waals surface area contributed by atoms with E-state index in [0.717, 1.165) is 41.8 Å². The van der Waals surface area contributed by atoms with Crippen molar-refractivity contribution in [1.82, 2.24) is 9.88 Å². The number of ether oxygens (including phenoxy) is 1. The lowest BCUT2D eigenvalue weighted by atomic mass is 9.77. The van der Waals surface area contributed by atoms with Crippen LogP contribution in [0.15, 0.2) is 54.9 Å². The number of hydrogen-bond donors (Lipinski definition) is 1. The van der Waals surface area contributed by atoms with Gasteiger partial charge in [0.1, 0.15) is 5.75 Å². The van der Waals surface area contributed by atoms with Crippen LogP contribution in [0.1, 0.15) is 64.0 Å². The summed E-state index contributed by atoms with van der Waals surface area (Å²) in [4.78, 5) is 34.8. The molecule has 0 saturated carbocycles. The Morgan fingerprint density at radius 1 is 1.29 bits per heavy atom. The Labute approximate surface area is 226 Å². The highest BCUT2D eigenvalue weighted by molar-refractivity contribution is 5.94. The Morgan fingerprint density at radius 2 is 2.11 bits per heavy atom. The van der Waals surface area contributed by atoms with Crippen LogP contribution < -0.4 is 9.64 Å². The van der Waals surface area contributed by atoms with Crippen molar-refractivity contribution in [2.24, 2.45) is 11.3 Å². The van der Waals surface area contributed by atoms with Crippen molar-refractivity contribution in [3.05, 3.63) is 66.0 Å². The van der Waals surface area contributed by atoms with Crippen molar-refractivity contribution in [2.75, 3.05) is 31.1 Å². The van der Waals surface area contributed by atoms with Gasteiger partial charge in [-0.25, -0.2) is 0 Å². The van der Waals surface area contributed by atoms with Gasteiger partial charge in [0, 0.05) is 37.7 Å². The first-order valence-corrected chi connectivity index (χ1v) is 13.8. The summed E-state index contributed by atoms with van der Waals surface area (Å²) in [5.74, 6) is -0.764. The molecule has 1 N–H and O–H groups in total. The minimum absolute atomic E-state index is 0.0209. The topological polar surface area (TPSA) is 83.0 Å². The van der Waals surface area contributed by atoms with Gasteiger partial charge in [0.05, 0.1) is 31.0 Å². The van der Waals surface area contributed by atoms with Crippen LogP contribution in [0.5, 0.6) is 5.75 Å². The standard InChI is InChI=1S/C31H41N3O4/c1-5-7-15-34(24-9-8-14-32-19-24)28(35)21-33-20-25(22-10-11-27-23(17-22)12-16-38-27)29(30(36)37)26(33)18-31(3,4)13-6-2/h6,8-11,13-14,17,19,25-26,29H,5,7,12,15-16,18,20-21H2,1-4H3,(H,36,37)/t25-,26+,29?/m1/s1. The number of anilines is 1. The highest BCUT2D eigenvalue weighted by Gasteiger charge is 2.48. The number of carbonyl (C=O) groups is 2. The molecule has 1 fully saturated rings. The summed E-state index contributed by atoms with van der Waals surface area (Å²) in [5, 5.41) is 10.5. The minimum Gasteiger partial charge on any atom is -0.493 e. The van der Waals surface area contributed by atoms with Crippen LogP contribution in [0.25, 0.3) is 0 Å². The van der Waals surface area contributed by atoms with Crippen molar-refractivity contribution in [1.29, 1.82) is 0 Å². The first-order valence-electron chi connectivity index (χ1n) is 13.8. The molecule has 0 bridgehead atoms. The van der Waals surface area contributed by atoms with E-state index < -0.39 is 11.9 Å². The number of rotatable bonds is 11. The van der Waals surface area contributed by atoms with Gasteiger partial charge in [-0.3, -0.25) is 19.5 Å². The van der Waals surface area contributed by atoms with Crippen LogP contribution >= 0.6 is 0 Å². The fourth-order valence-electron chi connectivity index (χ4n) is 6.07. The Morgan fingerprint density at radius 3 is 2.79 bits per heavy atom. The molecule has 1 saturated heterocycles. The lowest BCUT2D eigenvalue weighted by molar-refractivity contribution is -0.143. The van der Waals surface area contributed by atoms with E-state index in [1.165, 1.54) is 0 Å². The van der Waals surface area contributed by atoms with Crippen molar-refractivity contribution in [3.63, 3.8) is 0 Å². The average molecular weight is 520 g/mol. The number of benzene rings is 1. The molecule has 1 unspecified atom stereocenters. The second-order valence-electron chi connectivity index (χ2n) is 11.2. The van der Waals surface area contributed by atoms with Gasteiger partial charge in [0.15, 0.2) is 0 Å². The van der Waals surface area contributed by atoms with Crippen LogP contribution in [0.2, 0.25) is 0 Å². The fourth-order valence-corrected chi connectivity index (χ4v) is 6.07. The van der Waals surface area contributed by atoms with Gasteiger partial charge in [0.25, 0.3) is 0 Å². The molecule has 38 heavy (non-hydrogen) atoms. The van der Waals surface area contributed by atoms with E-state index in [-0.39, 0.29) is 29.8 Å². The number of unbranched alkanes of at least 4 members (excludes halogenated alkanes) is 1. The van der Waals surface area contributed by atoms with Crippen LogP contribution in [0.4, 0.5) is 5.69 Å². The van der Waals surface area contributed by atoms with E-state index in [0.29, 0.717) is 26.1 Å². The molecule has 7 heteroatoms. The number of carboxylic acid groups (broad SMARTS) is 1. The lowest BCUT2D eigenvalue weighted by Crippen LogP contribution is -2.45. The maximum atomic E-state index is 13.8. The molecule has 3 heterocycles. The number of hydrogen-bond acceptors (Lipinski definition) is 5. The Hall–Kier alpha value is -3.19. The average Bonchev–Trinajstić information content (AvgIpc) is 3.49. The van der Waals surface area contributed by atoms with Crippen molar-refractivity contribution < 1.29 is 19.4 Å². The van der Waals surface area contributed by atoms with Gasteiger partial charge < -0.3 is 14.7 Å². The third-order valence-corrected chi connectivity index (χ3v) is 7.86. The highest BCUT2D eigenvalue weighted by atomic mass is 16.5. The molecule has 4 rings (SSSR count). The fraction of sp³-hybridized carbons (Fsp3) is 0.516. The van der Waals surface area contributed by atoms with E-state index in [4.69, 9.17) is 4.74 Å². The summed E-state index contributed by atoms with van der Waals surface area (Å²) in [6, 6.07) is 9.57. The summed E-state index contributed by atoms with van der Waals surface area (Å²) >= 11 is 0. The maximum absolute atomic E-state index is 13.8. The highest BCUT2D eigenvalue weighted by Crippen LogP contribution is 2.44. The molecule has 1 aromatic heterocycles. The summed E-state index contributed by atoms with van der Waals surface area (Å²) in [6.45, 7) is 10.3. The van der Waals surface area contributed by atoms with E-state index in [1.807, 2.05) is 37.3 Å². The van der Waals surface area contributed by atoms with Crippen molar-refractivity contribution in [2.45, 2.75) is 65.3 Å². The molecule has 204 valence electrons. The number of carboxylic acids is 1. The molecule has 2 aromatic rings. The number of allylic oxidation sites excluding steroid dienone is 2.